The number of aliphatic hydroxyl groups is 6. The fourth-order valence-corrected chi connectivity index (χ4v) is 12.7. The fraction of sp³-hybridized carbons (Fsp3) is 0.676. The Morgan fingerprint density at radius 2 is 0.831 bits per heavy atom. The first kappa shape index (κ1) is 97.5. The van der Waals surface area contributed by atoms with Crippen LogP contribution in [0.25, 0.3) is 0 Å². The lowest BCUT2D eigenvalue weighted by atomic mass is 9.97. The highest BCUT2D eigenvalue weighted by atomic mass is 31.2. The van der Waals surface area contributed by atoms with E-state index in [9.17, 15) is 93.5 Å². The predicted molar refractivity (Wildman–Crippen MR) is 411 cm³/mol. The number of benzene rings is 2. The minimum atomic E-state index is -4.46. The molecule has 2 aromatic carbocycles. The van der Waals surface area contributed by atoms with Gasteiger partial charge in [-0.05, 0) is 75.6 Å². The van der Waals surface area contributed by atoms with Crippen LogP contribution in [0.15, 0.2) is 60.9 Å². The van der Waals surface area contributed by atoms with Gasteiger partial charge in [0, 0.05) is 100 Å². The van der Waals surface area contributed by atoms with E-state index >= 15 is 0 Å². The highest BCUT2D eigenvalue weighted by Gasteiger charge is 2.47. The predicted octanol–water partition coefficient (Wildman–Crippen LogP) is -2.34. The number of anilines is 2. The van der Waals surface area contributed by atoms with Crippen molar-refractivity contribution in [3.63, 3.8) is 0 Å². The van der Waals surface area contributed by atoms with Gasteiger partial charge in [-0.25, -0.2) is 19.0 Å². The summed E-state index contributed by atoms with van der Waals surface area (Å²) in [5.74, 6) is -2.40. The number of nitrogens with one attached hydrogen (secondary N) is 5. The molecule has 2 aromatic heterocycles. The summed E-state index contributed by atoms with van der Waals surface area (Å²) in [5.41, 5.74) is 1.94. The summed E-state index contributed by atoms with van der Waals surface area (Å²) in [6.07, 6.45) is -8.15. The molecule has 5 heterocycles. The van der Waals surface area contributed by atoms with Crippen LogP contribution in [0.5, 0.6) is 23.0 Å². The third-order valence-electron chi connectivity index (χ3n) is 18.0. The number of imide groups is 1. The molecule has 664 valence electrons. The average Bonchev–Trinajstić information content (AvgIpc) is 1.03. The Morgan fingerprint density at radius 1 is 0.458 bits per heavy atom. The SMILES string of the molecule is O=C(CCOCCOCCOCCN(CCOCCOCCOCCn1cc(CCCCNC(=O)Nc2ccc(O[C@H]3O[C@H](CCP(=O)(O)O)[C@@H](O)[C@H](O)[C@@H]3O)c(O)c2)nn1)CCOCCOCCOCCn1cc(CCCCNC(=O)Nc2ccc(O[C@H]3O[C@H](CCP(=O)(O)O)[C@@H](O)[C@H](O)[C@@H]3O)c(O)c2)nn1)NCCN1C(=O)C=CC1=O. The smallest absolute Gasteiger partial charge is 0.325 e. The van der Waals surface area contributed by atoms with Gasteiger partial charge in [0.05, 0.1) is 168 Å². The van der Waals surface area contributed by atoms with Crippen LogP contribution >= 0.6 is 15.2 Å². The second-order valence-electron chi connectivity index (χ2n) is 27.2. The van der Waals surface area contributed by atoms with Crippen molar-refractivity contribution in [2.24, 2.45) is 0 Å². The highest BCUT2D eigenvalue weighted by Crippen LogP contribution is 2.40. The van der Waals surface area contributed by atoms with Crippen LogP contribution < -0.4 is 36.1 Å². The van der Waals surface area contributed by atoms with Crippen molar-refractivity contribution in [2.45, 2.75) is 132 Å². The van der Waals surface area contributed by atoms with E-state index < -0.39 is 124 Å². The van der Waals surface area contributed by atoms with Crippen molar-refractivity contribution in [3.05, 3.63) is 72.3 Å². The van der Waals surface area contributed by atoms with Gasteiger partial charge >= 0.3 is 27.3 Å². The van der Waals surface area contributed by atoms with Gasteiger partial charge in [0.1, 0.15) is 36.6 Å². The molecule has 10 atom stereocenters. The standard InChI is InChI=1S/C71H113N13O32P2/c85-53-45-49(7-9-55(53)113-68-66(94)64(92)62(90)57(115-68)14-43-117(98,99)100)75-70(96)73-16-3-1-5-51-47-82(79-77-51)23-29-108-35-41-111-39-33-106-27-21-81(20-26-105-32-38-110-37-31-104-25-13-59(87)72-18-19-84-60(88)11-12-61(84)89)22-28-107-34-40-112-42-36-109-30-24-83-48-52(78-80-83)6-2-4-17-74-71(97)76-50-8-10-56(54(86)46-50)114-69-67(95)65(93)63(91)58(116-69)15-44-118(101,102)103/h7-12,45-48,57-58,62-69,85-86,90-95H,1-6,13-44H2,(H,72,87)(H2,73,75,96)(H2,74,76,97)(H2,98,99,100)(H2,101,102,103)/t57-,58-,62-,63-,64+,65+,66+,67+,68+,69+/m1/s1. The summed E-state index contributed by atoms with van der Waals surface area (Å²) in [6.45, 7) is 10.0. The van der Waals surface area contributed by atoms with E-state index in [0.717, 1.165) is 16.3 Å². The van der Waals surface area contributed by atoms with Crippen molar-refractivity contribution in [2.75, 3.05) is 188 Å². The molecule has 2 fully saturated rings. The number of phenols is 2. The monoisotopic (exact) mass is 1720 g/mol. The van der Waals surface area contributed by atoms with E-state index in [2.05, 4.69) is 52.1 Å². The number of carbonyl (C=O) groups excluding carboxylic acids is 5. The molecule has 3 aliphatic heterocycles. The molecule has 118 heavy (non-hydrogen) atoms. The summed E-state index contributed by atoms with van der Waals surface area (Å²) in [5, 5.41) is 113. The van der Waals surface area contributed by atoms with Gasteiger partial charge in [-0.3, -0.25) is 33.3 Å². The number of ether oxygens (including phenoxy) is 13. The Hall–Kier alpha value is -7.61. The molecule has 0 saturated carbocycles. The quantitative estimate of drug-likeness (QED) is 0.0125. The van der Waals surface area contributed by atoms with Crippen LogP contribution in [0.2, 0.25) is 0 Å². The number of nitrogens with zero attached hydrogens (tertiary/aromatic N) is 8. The van der Waals surface area contributed by atoms with Gasteiger partial charge < -0.3 is 149 Å². The molecule has 47 heteroatoms. The van der Waals surface area contributed by atoms with E-state index in [1.54, 1.807) is 9.36 Å². The first-order valence-electron chi connectivity index (χ1n) is 38.8. The lowest BCUT2D eigenvalue weighted by Gasteiger charge is -2.40. The zero-order valence-corrected chi connectivity index (χ0v) is 67.2. The second-order valence-corrected chi connectivity index (χ2v) is 30.8. The minimum Gasteiger partial charge on any atom is -0.504 e. The van der Waals surface area contributed by atoms with Gasteiger partial charge in [-0.2, -0.15) is 0 Å². The number of aromatic hydroxyl groups is 2. The van der Waals surface area contributed by atoms with Crippen molar-refractivity contribution in [3.8, 4) is 23.0 Å². The lowest BCUT2D eigenvalue weighted by molar-refractivity contribution is -0.272. The number of urea groups is 2. The molecule has 0 bridgehead atoms. The molecule has 17 N–H and O–H groups in total. The molecule has 4 aromatic rings. The number of amides is 7. The highest BCUT2D eigenvalue weighted by molar-refractivity contribution is 7.52. The number of carbonyl (C=O) groups is 5. The first-order valence-corrected chi connectivity index (χ1v) is 42.4. The van der Waals surface area contributed by atoms with Crippen LogP contribution in [-0.2, 0) is 102 Å². The summed E-state index contributed by atoms with van der Waals surface area (Å²) < 4.78 is 99.7. The molecular weight excluding hydrogens is 1610 g/mol. The average molecular weight is 1720 g/mol. The van der Waals surface area contributed by atoms with Crippen molar-refractivity contribution in [1.29, 1.82) is 0 Å². The van der Waals surface area contributed by atoms with Crippen LogP contribution in [0.3, 0.4) is 0 Å². The molecule has 0 radical (unpaired) electrons. The van der Waals surface area contributed by atoms with Gasteiger partial charge in [0.25, 0.3) is 11.8 Å². The number of rotatable bonds is 61. The summed E-state index contributed by atoms with van der Waals surface area (Å²) >= 11 is 0. The zero-order chi connectivity index (χ0) is 85.1. The number of aliphatic hydroxyl groups excluding tert-OH is 6. The molecule has 2 saturated heterocycles. The van der Waals surface area contributed by atoms with Crippen LogP contribution in [0.4, 0.5) is 21.0 Å². The maximum Gasteiger partial charge on any atom is 0.325 e. The van der Waals surface area contributed by atoms with E-state index in [1.807, 2.05) is 12.4 Å². The summed E-state index contributed by atoms with van der Waals surface area (Å²) in [6, 6.07) is 6.63. The summed E-state index contributed by atoms with van der Waals surface area (Å²) in [4.78, 5) is 101. The van der Waals surface area contributed by atoms with Crippen LogP contribution in [0.1, 0.15) is 56.3 Å². The van der Waals surface area contributed by atoms with E-state index in [-0.39, 0.29) is 74.3 Å². The topological polar surface area (TPSA) is 610 Å². The molecule has 0 unspecified atom stereocenters. The number of phenolic OH excluding ortho intramolecular Hbond substituents is 2. The first-order chi connectivity index (χ1) is 56.7. The third kappa shape index (κ3) is 38.0. The van der Waals surface area contributed by atoms with Gasteiger partial charge in [0.15, 0.2) is 23.0 Å². The van der Waals surface area contributed by atoms with Gasteiger partial charge in [-0.15, -0.1) is 10.2 Å². The molecule has 3 aliphatic rings. The Bertz CT molecular complexity index is 3540. The normalized spacial score (nSPS) is 20.2. The van der Waals surface area contributed by atoms with Gasteiger partial charge in [0.2, 0.25) is 18.5 Å². The largest absolute Gasteiger partial charge is 0.504 e. The molecule has 0 spiro atoms. The maximum atomic E-state index is 12.6. The number of aromatic nitrogens is 6. The maximum absolute atomic E-state index is 12.6. The lowest BCUT2D eigenvalue weighted by Crippen LogP contribution is -2.59. The zero-order valence-electron chi connectivity index (χ0n) is 65.4. The molecule has 0 aliphatic carbocycles. The molecular formula is C71H113N13O32P2. The van der Waals surface area contributed by atoms with E-state index in [4.69, 9.17) is 61.6 Å². The van der Waals surface area contributed by atoms with E-state index in [0.29, 0.717) is 190 Å². The minimum absolute atomic E-state index is 0.0893. The fourth-order valence-electron chi connectivity index (χ4n) is 11.5. The van der Waals surface area contributed by atoms with E-state index in [1.165, 1.54) is 48.6 Å². The van der Waals surface area contributed by atoms with Crippen LogP contribution in [-0.4, -0.2) is 368 Å². The number of hydrogen-bond donors (Lipinski definition) is 17. The van der Waals surface area contributed by atoms with Gasteiger partial charge in [-0.1, -0.05) is 10.4 Å². The Labute approximate surface area is 680 Å². The Morgan fingerprint density at radius 3 is 1.21 bits per heavy atom. The van der Waals surface area contributed by atoms with Crippen molar-refractivity contribution < 1.29 is 155 Å². The summed E-state index contributed by atoms with van der Waals surface area (Å²) in [7, 11) is -8.92. The number of unbranched alkanes of at least 4 members (excludes halogenated alkanes) is 2. The molecule has 7 amide bonds. The third-order valence-corrected chi connectivity index (χ3v) is 19.7. The number of aryl methyl sites for hydroxylation is 2. The second kappa shape index (κ2) is 53.2. The van der Waals surface area contributed by atoms with Crippen LogP contribution in [0, 0.1) is 0 Å². The molecule has 7 rings (SSSR count). The Balaban J connectivity index is 0.681. The molecule has 45 nitrogen and oxygen atoms in total. The van der Waals surface area contributed by atoms with Crippen molar-refractivity contribution >= 4 is 56.4 Å². The van der Waals surface area contributed by atoms with Crippen molar-refractivity contribution in [1.82, 2.24) is 55.7 Å². The Kier molecular flexibility index (Phi) is 44.0. The number of hydrogen-bond acceptors (Lipinski definition) is 33.